The molecule has 0 saturated heterocycles. The normalized spacial score (nSPS) is 10.4. The van der Waals surface area contributed by atoms with Crippen molar-refractivity contribution in [1.82, 2.24) is 5.32 Å². The third-order valence-corrected chi connectivity index (χ3v) is 4.76. The van der Waals surface area contributed by atoms with Crippen LogP contribution in [0.5, 0.6) is 5.75 Å². The number of rotatable bonds is 7. The molecule has 0 aliphatic heterocycles. The zero-order valence-electron chi connectivity index (χ0n) is 16.9. The van der Waals surface area contributed by atoms with E-state index in [0.717, 1.165) is 6.42 Å². The number of ether oxygens (including phenoxy) is 1. The van der Waals surface area contributed by atoms with Crippen molar-refractivity contribution in [3.63, 3.8) is 0 Å². The van der Waals surface area contributed by atoms with E-state index in [1.165, 1.54) is 22.3 Å². The number of para-hydroxylation sites is 1. The van der Waals surface area contributed by atoms with Crippen molar-refractivity contribution in [3.05, 3.63) is 87.9 Å². The molecule has 3 rings (SSSR count). The lowest BCUT2D eigenvalue weighted by Crippen LogP contribution is -2.25. The number of hydrogen-bond acceptors (Lipinski definition) is 4. The number of nitrogens with zero attached hydrogens (tertiary/aromatic N) is 1. The highest BCUT2D eigenvalue weighted by Gasteiger charge is 2.12. The molecule has 3 aromatic rings. The van der Waals surface area contributed by atoms with E-state index < -0.39 is 0 Å². The summed E-state index contributed by atoms with van der Waals surface area (Å²) in [5.41, 5.74) is 5.45. The molecule has 1 amide bonds. The Kier molecular flexibility index (Phi) is 6.36. The molecule has 0 atom stereocenters. The van der Waals surface area contributed by atoms with E-state index in [-0.39, 0.29) is 18.3 Å². The van der Waals surface area contributed by atoms with Gasteiger partial charge >= 0.3 is 0 Å². The van der Waals surface area contributed by atoms with Crippen LogP contribution in [0.2, 0.25) is 0 Å². The molecule has 1 N–H and O–H groups in total. The topological polar surface area (TPSA) is 75.3 Å². The Labute approximate surface area is 170 Å². The third-order valence-electron chi connectivity index (χ3n) is 4.76. The van der Waals surface area contributed by atoms with E-state index in [2.05, 4.69) is 44.3 Å². The first-order chi connectivity index (χ1) is 14.0. The number of nitrogens with one attached hydrogen (secondary N) is 1. The van der Waals surface area contributed by atoms with Crippen molar-refractivity contribution < 1.29 is 13.9 Å². The highest BCUT2D eigenvalue weighted by Crippen LogP contribution is 2.19. The first-order valence-corrected chi connectivity index (χ1v) is 9.53. The highest BCUT2D eigenvalue weighted by molar-refractivity contribution is 5.91. The van der Waals surface area contributed by atoms with Gasteiger partial charge in [-0.2, -0.15) is 5.26 Å². The summed E-state index contributed by atoms with van der Waals surface area (Å²) in [7, 11) is 0. The lowest BCUT2D eigenvalue weighted by Gasteiger charge is -2.11. The molecule has 0 radical (unpaired) electrons. The van der Waals surface area contributed by atoms with Crippen LogP contribution in [0, 0.1) is 32.1 Å². The van der Waals surface area contributed by atoms with Gasteiger partial charge in [0.25, 0.3) is 5.91 Å². The Morgan fingerprint density at radius 2 is 1.83 bits per heavy atom. The molecule has 5 nitrogen and oxygen atoms in total. The number of amides is 1. The van der Waals surface area contributed by atoms with Gasteiger partial charge in [0.05, 0.1) is 5.56 Å². The molecule has 29 heavy (non-hydrogen) atoms. The number of hydrogen-bond donors (Lipinski definition) is 1. The zero-order chi connectivity index (χ0) is 20.8. The number of benzene rings is 2. The molecule has 0 bridgehead atoms. The Morgan fingerprint density at radius 3 is 2.55 bits per heavy atom. The van der Waals surface area contributed by atoms with Crippen molar-refractivity contribution in [1.29, 1.82) is 5.26 Å². The quantitative estimate of drug-likeness (QED) is 0.640. The van der Waals surface area contributed by atoms with Crippen LogP contribution in [0.4, 0.5) is 0 Å². The van der Waals surface area contributed by atoms with Crippen molar-refractivity contribution in [2.24, 2.45) is 0 Å². The summed E-state index contributed by atoms with van der Waals surface area (Å²) < 4.78 is 11.2. The highest BCUT2D eigenvalue weighted by atomic mass is 16.5. The first kappa shape index (κ1) is 20.2. The molecule has 0 unspecified atom stereocenters. The summed E-state index contributed by atoms with van der Waals surface area (Å²) in [6.45, 7) is 6.96. The van der Waals surface area contributed by atoms with Gasteiger partial charge < -0.3 is 14.5 Å². The van der Waals surface area contributed by atoms with Gasteiger partial charge in [0.2, 0.25) is 0 Å². The fraction of sp³-hybridized carbons (Fsp3) is 0.250. The largest absolute Gasteiger partial charge is 0.484 e. The van der Waals surface area contributed by atoms with Gasteiger partial charge in [-0.25, -0.2) is 0 Å². The van der Waals surface area contributed by atoms with Gasteiger partial charge in [-0.15, -0.1) is 0 Å². The van der Waals surface area contributed by atoms with E-state index in [1.807, 2.05) is 0 Å². The monoisotopic (exact) mass is 388 g/mol. The average molecular weight is 388 g/mol. The molecular weight excluding hydrogens is 364 g/mol. The van der Waals surface area contributed by atoms with Gasteiger partial charge in [0.15, 0.2) is 5.76 Å². The van der Waals surface area contributed by atoms with Crippen LogP contribution in [-0.4, -0.2) is 12.5 Å². The maximum absolute atomic E-state index is 12.4. The Hall–Kier alpha value is -3.52. The summed E-state index contributed by atoms with van der Waals surface area (Å²) in [5.74, 6) is 1.000. The Balaban J connectivity index is 1.54. The minimum absolute atomic E-state index is 0.147. The molecule has 2 aromatic carbocycles. The van der Waals surface area contributed by atoms with Gasteiger partial charge in [-0.05, 0) is 68.1 Å². The SMILES string of the molecule is Cc1cc(C)c(CCNC(=O)c2ccc(COc3ccccc3C#N)o2)c(C)c1. The van der Waals surface area contributed by atoms with E-state index in [0.29, 0.717) is 23.6 Å². The molecule has 0 saturated carbocycles. The van der Waals surface area contributed by atoms with E-state index in [9.17, 15) is 4.79 Å². The lowest BCUT2D eigenvalue weighted by molar-refractivity contribution is 0.0922. The molecule has 1 aromatic heterocycles. The molecule has 0 fully saturated rings. The maximum atomic E-state index is 12.4. The van der Waals surface area contributed by atoms with E-state index in [1.54, 1.807) is 36.4 Å². The summed E-state index contributed by atoms with van der Waals surface area (Å²) in [4.78, 5) is 12.4. The minimum atomic E-state index is -0.254. The smallest absolute Gasteiger partial charge is 0.287 e. The fourth-order valence-corrected chi connectivity index (χ4v) is 3.40. The molecular formula is C24H24N2O3. The van der Waals surface area contributed by atoms with Crippen LogP contribution in [0.3, 0.4) is 0 Å². The Bertz CT molecular complexity index is 1040. The van der Waals surface area contributed by atoms with E-state index in [4.69, 9.17) is 14.4 Å². The van der Waals surface area contributed by atoms with Gasteiger partial charge in [0, 0.05) is 6.54 Å². The first-order valence-electron chi connectivity index (χ1n) is 9.53. The summed E-state index contributed by atoms with van der Waals surface area (Å²) in [6, 6.07) is 16.7. The van der Waals surface area contributed by atoms with Crippen LogP contribution >= 0.6 is 0 Å². The molecule has 0 spiro atoms. The van der Waals surface area contributed by atoms with Gasteiger partial charge in [0.1, 0.15) is 24.2 Å². The molecule has 0 aliphatic rings. The second-order valence-electron chi connectivity index (χ2n) is 7.05. The predicted octanol–water partition coefficient (Wildman–Crippen LogP) is 4.63. The van der Waals surface area contributed by atoms with Crippen molar-refractivity contribution in [3.8, 4) is 11.8 Å². The van der Waals surface area contributed by atoms with Crippen LogP contribution in [0.25, 0.3) is 0 Å². The molecule has 0 aliphatic carbocycles. The third kappa shape index (κ3) is 5.05. The minimum Gasteiger partial charge on any atom is -0.484 e. The Morgan fingerprint density at radius 1 is 1.10 bits per heavy atom. The van der Waals surface area contributed by atoms with Crippen LogP contribution in [0.15, 0.2) is 52.9 Å². The fourth-order valence-electron chi connectivity index (χ4n) is 3.40. The molecule has 148 valence electrons. The molecule has 1 heterocycles. The average Bonchev–Trinajstić information content (AvgIpc) is 3.17. The van der Waals surface area contributed by atoms with Crippen LogP contribution < -0.4 is 10.1 Å². The van der Waals surface area contributed by atoms with Crippen molar-refractivity contribution >= 4 is 5.91 Å². The van der Waals surface area contributed by atoms with Crippen LogP contribution in [-0.2, 0) is 13.0 Å². The van der Waals surface area contributed by atoms with Crippen molar-refractivity contribution in [2.45, 2.75) is 33.8 Å². The van der Waals surface area contributed by atoms with E-state index >= 15 is 0 Å². The summed E-state index contributed by atoms with van der Waals surface area (Å²) >= 11 is 0. The lowest BCUT2D eigenvalue weighted by atomic mass is 9.97. The second kappa shape index (κ2) is 9.11. The summed E-state index contributed by atoms with van der Waals surface area (Å²) in [5, 5.41) is 12.0. The standard InChI is InChI=1S/C24H24N2O3/c1-16-12-17(2)21(18(3)13-16)10-11-26-24(27)23-9-8-20(29-23)15-28-22-7-5-4-6-19(22)14-25/h4-9,12-13H,10-11,15H2,1-3H3,(H,26,27). The maximum Gasteiger partial charge on any atom is 0.287 e. The molecule has 5 heteroatoms. The number of carbonyl (C=O) groups excluding carboxylic acids is 1. The summed E-state index contributed by atoms with van der Waals surface area (Å²) in [6.07, 6.45) is 0.769. The zero-order valence-corrected chi connectivity index (χ0v) is 16.9. The number of aryl methyl sites for hydroxylation is 3. The van der Waals surface area contributed by atoms with Crippen molar-refractivity contribution in [2.75, 3.05) is 6.54 Å². The van der Waals surface area contributed by atoms with Gasteiger partial charge in [-0.1, -0.05) is 29.8 Å². The predicted molar refractivity (Wildman–Crippen MR) is 111 cm³/mol. The van der Waals surface area contributed by atoms with Crippen LogP contribution in [0.1, 0.15) is 44.1 Å². The number of carbonyl (C=O) groups is 1. The van der Waals surface area contributed by atoms with Gasteiger partial charge in [-0.3, -0.25) is 4.79 Å². The second-order valence-corrected chi connectivity index (χ2v) is 7.05. The number of furan rings is 1. The number of nitriles is 1.